The van der Waals surface area contributed by atoms with Crippen LogP contribution in [0.4, 0.5) is 4.79 Å². The molecule has 4 nitrogen and oxygen atoms in total. The van der Waals surface area contributed by atoms with E-state index in [0.717, 1.165) is 31.2 Å². The predicted molar refractivity (Wildman–Crippen MR) is 81.5 cm³/mol. The average Bonchev–Trinajstić information content (AvgIpc) is 3.14. The van der Waals surface area contributed by atoms with Gasteiger partial charge in [-0.2, -0.15) is 0 Å². The van der Waals surface area contributed by atoms with Crippen molar-refractivity contribution in [1.82, 2.24) is 10.2 Å². The molecule has 0 aromatic heterocycles. The van der Waals surface area contributed by atoms with Gasteiger partial charge in [0.1, 0.15) is 0 Å². The van der Waals surface area contributed by atoms with Gasteiger partial charge in [0, 0.05) is 18.2 Å². The molecule has 1 N–H and O–H groups in total. The molecule has 1 unspecified atom stereocenters. The van der Waals surface area contributed by atoms with Gasteiger partial charge in [0.15, 0.2) is 5.78 Å². The van der Waals surface area contributed by atoms with Gasteiger partial charge in [0.05, 0.1) is 6.04 Å². The minimum atomic E-state index is -0.300. The lowest BCUT2D eigenvalue weighted by Gasteiger charge is -2.24. The molecule has 1 aromatic rings. The number of likely N-dealkylation sites (tertiary alicyclic amines) is 1. The number of nitrogens with one attached hydrogen (secondary N) is 1. The molecule has 1 aromatic carbocycles. The van der Waals surface area contributed by atoms with Crippen LogP contribution in [0, 0.1) is 13.8 Å². The molecule has 3 rings (SSSR count). The summed E-state index contributed by atoms with van der Waals surface area (Å²) in [6.07, 6.45) is 3.80. The van der Waals surface area contributed by atoms with Gasteiger partial charge in [-0.25, -0.2) is 4.79 Å². The lowest BCUT2D eigenvalue weighted by molar-refractivity contribution is 0.0887. The number of hydrogen-bond donors (Lipinski definition) is 1. The van der Waals surface area contributed by atoms with Gasteiger partial charge >= 0.3 is 6.03 Å². The minimum Gasteiger partial charge on any atom is -0.335 e. The highest BCUT2D eigenvalue weighted by Crippen LogP contribution is 2.24. The molecule has 1 heterocycles. The summed E-state index contributed by atoms with van der Waals surface area (Å²) in [5.74, 6) is 0.0709. The number of benzene rings is 1. The molecule has 1 saturated carbocycles. The first-order valence-corrected chi connectivity index (χ1v) is 7.75. The van der Waals surface area contributed by atoms with Gasteiger partial charge < -0.3 is 10.2 Å². The van der Waals surface area contributed by atoms with E-state index in [9.17, 15) is 9.59 Å². The van der Waals surface area contributed by atoms with Crippen molar-refractivity contribution in [2.24, 2.45) is 0 Å². The second-order valence-electron chi connectivity index (χ2n) is 6.24. The van der Waals surface area contributed by atoms with Crippen molar-refractivity contribution in [2.75, 3.05) is 6.54 Å². The van der Waals surface area contributed by atoms with E-state index in [1.54, 1.807) is 4.90 Å². The van der Waals surface area contributed by atoms with Gasteiger partial charge in [0.25, 0.3) is 0 Å². The Labute approximate surface area is 125 Å². The fraction of sp³-hybridized carbons (Fsp3) is 0.529. The standard InChI is InChI=1S/C17H22N2O2/c1-11-5-6-13(10-12(11)2)16(20)15-4-3-9-19(15)17(21)18-14-7-8-14/h5-6,10,14-15H,3-4,7-9H2,1-2H3,(H,18,21). The lowest BCUT2D eigenvalue weighted by Crippen LogP contribution is -2.46. The van der Waals surface area contributed by atoms with Crippen LogP contribution < -0.4 is 5.32 Å². The fourth-order valence-electron chi connectivity index (χ4n) is 2.85. The number of amides is 2. The van der Waals surface area contributed by atoms with Gasteiger partial charge in [-0.1, -0.05) is 12.1 Å². The number of rotatable bonds is 3. The number of nitrogens with zero attached hydrogens (tertiary/aromatic N) is 1. The Morgan fingerprint density at radius 2 is 1.90 bits per heavy atom. The summed E-state index contributed by atoms with van der Waals surface area (Å²) in [7, 11) is 0. The maximum Gasteiger partial charge on any atom is 0.318 e. The van der Waals surface area contributed by atoms with Crippen molar-refractivity contribution in [2.45, 2.75) is 51.6 Å². The van der Waals surface area contributed by atoms with E-state index >= 15 is 0 Å². The van der Waals surface area contributed by atoms with Crippen molar-refractivity contribution in [3.05, 3.63) is 34.9 Å². The second-order valence-corrected chi connectivity index (χ2v) is 6.24. The molecule has 112 valence electrons. The third-order valence-electron chi connectivity index (χ3n) is 4.51. The zero-order valence-corrected chi connectivity index (χ0v) is 12.7. The maximum atomic E-state index is 12.7. The Bertz CT molecular complexity index is 578. The highest BCUT2D eigenvalue weighted by Gasteiger charge is 2.36. The summed E-state index contributed by atoms with van der Waals surface area (Å²) in [6, 6.07) is 5.75. The van der Waals surface area contributed by atoms with Crippen LogP contribution in [0.5, 0.6) is 0 Å². The first-order valence-electron chi connectivity index (χ1n) is 7.75. The first kappa shape index (κ1) is 14.1. The summed E-state index contributed by atoms with van der Waals surface area (Å²) in [4.78, 5) is 26.6. The van der Waals surface area contributed by atoms with E-state index < -0.39 is 0 Å². The van der Waals surface area contributed by atoms with E-state index in [1.165, 1.54) is 5.56 Å². The van der Waals surface area contributed by atoms with E-state index in [0.29, 0.717) is 18.2 Å². The number of carbonyl (C=O) groups excluding carboxylic acids is 2. The second kappa shape index (κ2) is 5.51. The fourth-order valence-corrected chi connectivity index (χ4v) is 2.85. The average molecular weight is 286 g/mol. The number of Topliss-reactive ketones (excluding diaryl/α,β-unsaturated/α-hetero) is 1. The van der Waals surface area contributed by atoms with Crippen LogP contribution in [0.2, 0.25) is 0 Å². The number of urea groups is 1. The molecular weight excluding hydrogens is 264 g/mol. The van der Waals surface area contributed by atoms with Gasteiger partial charge in [-0.05, 0) is 56.7 Å². The largest absolute Gasteiger partial charge is 0.335 e. The highest BCUT2D eigenvalue weighted by molar-refractivity contribution is 6.02. The molecule has 2 fully saturated rings. The molecule has 0 radical (unpaired) electrons. The molecule has 1 saturated heterocycles. The Hall–Kier alpha value is -1.84. The molecule has 2 amide bonds. The van der Waals surface area contributed by atoms with E-state index in [2.05, 4.69) is 5.32 Å². The molecule has 4 heteroatoms. The molecular formula is C17H22N2O2. The Balaban J connectivity index is 1.75. The van der Waals surface area contributed by atoms with Crippen molar-refractivity contribution in [1.29, 1.82) is 0 Å². The third-order valence-corrected chi connectivity index (χ3v) is 4.51. The minimum absolute atomic E-state index is 0.0709. The Kier molecular flexibility index (Phi) is 3.70. The predicted octanol–water partition coefficient (Wildman–Crippen LogP) is 2.82. The molecule has 0 bridgehead atoms. The SMILES string of the molecule is Cc1ccc(C(=O)C2CCCN2C(=O)NC2CC2)cc1C. The van der Waals surface area contributed by atoms with E-state index in [4.69, 9.17) is 0 Å². The number of ketones is 1. The number of aryl methyl sites for hydroxylation is 2. The molecule has 0 spiro atoms. The van der Waals surface area contributed by atoms with Gasteiger partial charge in [0.2, 0.25) is 0 Å². The van der Waals surface area contributed by atoms with Crippen LogP contribution >= 0.6 is 0 Å². The quantitative estimate of drug-likeness (QED) is 0.869. The van der Waals surface area contributed by atoms with E-state index in [-0.39, 0.29) is 17.9 Å². The molecule has 21 heavy (non-hydrogen) atoms. The summed E-state index contributed by atoms with van der Waals surface area (Å²) >= 11 is 0. The van der Waals surface area contributed by atoms with Gasteiger partial charge in [-0.15, -0.1) is 0 Å². The van der Waals surface area contributed by atoms with Crippen molar-refractivity contribution >= 4 is 11.8 Å². The van der Waals surface area contributed by atoms with Crippen LogP contribution in [0.1, 0.15) is 47.2 Å². The smallest absolute Gasteiger partial charge is 0.318 e. The summed E-state index contributed by atoms with van der Waals surface area (Å²) in [5, 5.41) is 2.99. The zero-order valence-electron chi connectivity index (χ0n) is 12.7. The topological polar surface area (TPSA) is 49.4 Å². The first-order chi connectivity index (χ1) is 10.1. The molecule has 1 aliphatic carbocycles. The van der Waals surface area contributed by atoms with Crippen molar-refractivity contribution in [3.63, 3.8) is 0 Å². The molecule has 1 atom stereocenters. The molecule has 1 aliphatic heterocycles. The Morgan fingerprint density at radius 3 is 2.57 bits per heavy atom. The van der Waals surface area contributed by atoms with Crippen LogP contribution in [0.25, 0.3) is 0 Å². The monoisotopic (exact) mass is 286 g/mol. The maximum absolute atomic E-state index is 12.7. The van der Waals surface area contributed by atoms with Crippen LogP contribution in [-0.4, -0.2) is 35.3 Å². The summed E-state index contributed by atoms with van der Waals surface area (Å²) in [5.41, 5.74) is 3.02. The van der Waals surface area contributed by atoms with Crippen LogP contribution in [0.3, 0.4) is 0 Å². The van der Waals surface area contributed by atoms with Crippen molar-refractivity contribution < 1.29 is 9.59 Å². The van der Waals surface area contributed by atoms with Crippen LogP contribution in [-0.2, 0) is 0 Å². The van der Waals surface area contributed by atoms with Gasteiger partial charge in [-0.3, -0.25) is 4.79 Å². The Morgan fingerprint density at radius 1 is 1.14 bits per heavy atom. The third kappa shape index (κ3) is 2.94. The summed E-state index contributed by atoms with van der Waals surface area (Å²) < 4.78 is 0. The summed E-state index contributed by atoms with van der Waals surface area (Å²) in [6.45, 7) is 4.73. The lowest BCUT2D eigenvalue weighted by atomic mass is 9.98. The van der Waals surface area contributed by atoms with Crippen molar-refractivity contribution in [3.8, 4) is 0 Å². The highest BCUT2D eigenvalue weighted by atomic mass is 16.2. The van der Waals surface area contributed by atoms with Crippen LogP contribution in [0.15, 0.2) is 18.2 Å². The molecule has 2 aliphatic rings. The number of hydrogen-bond acceptors (Lipinski definition) is 2. The normalized spacial score (nSPS) is 21.4. The number of carbonyl (C=O) groups is 2. The zero-order chi connectivity index (χ0) is 15.0. The van der Waals surface area contributed by atoms with E-state index in [1.807, 2.05) is 32.0 Å².